The molecular formula is C21H26N4O3. The van der Waals surface area contributed by atoms with Crippen LogP contribution >= 0.6 is 0 Å². The Morgan fingerprint density at radius 2 is 1.68 bits per heavy atom. The highest BCUT2D eigenvalue weighted by molar-refractivity contribution is 5.89. The van der Waals surface area contributed by atoms with Gasteiger partial charge in [-0.25, -0.2) is 4.79 Å². The van der Waals surface area contributed by atoms with Gasteiger partial charge in [0.25, 0.3) is 0 Å². The van der Waals surface area contributed by atoms with E-state index in [1.165, 1.54) is 0 Å². The Bertz CT molecular complexity index is 799. The number of hydrogen-bond donors (Lipinski definition) is 3. The first kappa shape index (κ1) is 19.7. The lowest BCUT2D eigenvalue weighted by Crippen LogP contribution is -2.57. The van der Waals surface area contributed by atoms with Gasteiger partial charge in [0.1, 0.15) is 5.75 Å². The predicted octanol–water partition coefficient (Wildman–Crippen LogP) is 1.99. The average molecular weight is 382 g/mol. The van der Waals surface area contributed by atoms with Crippen molar-refractivity contribution < 1.29 is 14.3 Å². The summed E-state index contributed by atoms with van der Waals surface area (Å²) in [5.74, 6) is 0.804. The standard InChI is InChI=1S/C21H26N4O3/c1-25-13-18(14-25)23-20(26)11-15-3-7-17(8-4-15)24-21(27)22-12-16-5-9-19(28-2)10-6-16/h3-10,18H,11-14H2,1-2H3,(H,23,26)(H2,22,24,27). The lowest BCUT2D eigenvalue weighted by atomic mass is 10.1. The Labute approximate surface area is 165 Å². The molecule has 1 heterocycles. The molecule has 2 aromatic rings. The van der Waals surface area contributed by atoms with Gasteiger partial charge in [-0.15, -0.1) is 0 Å². The number of carbonyl (C=O) groups is 2. The van der Waals surface area contributed by atoms with Gasteiger partial charge in [-0.3, -0.25) is 4.79 Å². The molecule has 0 atom stereocenters. The maximum absolute atomic E-state index is 12.0. The van der Waals surface area contributed by atoms with E-state index >= 15 is 0 Å². The summed E-state index contributed by atoms with van der Waals surface area (Å²) in [5, 5.41) is 8.61. The van der Waals surface area contributed by atoms with Gasteiger partial charge in [-0.05, 0) is 42.4 Å². The molecule has 7 nitrogen and oxygen atoms in total. The maximum Gasteiger partial charge on any atom is 0.319 e. The Kier molecular flexibility index (Phi) is 6.49. The second kappa shape index (κ2) is 9.23. The minimum Gasteiger partial charge on any atom is -0.497 e. The van der Waals surface area contributed by atoms with Crippen LogP contribution in [-0.4, -0.2) is 50.1 Å². The van der Waals surface area contributed by atoms with Crippen LogP contribution in [-0.2, 0) is 17.8 Å². The van der Waals surface area contributed by atoms with Crippen LogP contribution in [0.1, 0.15) is 11.1 Å². The van der Waals surface area contributed by atoms with E-state index in [1.807, 2.05) is 43.4 Å². The van der Waals surface area contributed by atoms with E-state index < -0.39 is 0 Å². The lowest BCUT2D eigenvalue weighted by Gasteiger charge is -2.36. The number of anilines is 1. The van der Waals surface area contributed by atoms with Crippen LogP contribution in [0.25, 0.3) is 0 Å². The molecule has 0 saturated carbocycles. The maximum atomic E-state index is 12.0. The van der Waals surface area contributed by atoms with E-state index in [0.29, 0.717) is 18.7 Å². The molecule has 0 spiro atoms. The third kappa shape index (κ3) is 5.72. The monoisotopic (exact) mass is 382 g/mol. The van der Waals surface area contributed by atoms with Crippen molar-refractivity contribution in [2.24, 2.45) is 0 Å². The summed E-state index contributed by atoms with van der Waals surface area (Å²) in [6, 6.07) is 14.8. The number of ether oxygens (including phenoxy) is 1. The van der Waals surface area contributed by atoms with Gasteiger partial charge < -0.3 is 25.6 Å². The van der Waals surface area contributed by atoms with Gasteiger partial charge in [-0.1, -0.05) is 24.3 Å². The second-order valence-corrected chi connectivity index (χ2v) is 7.02. The number of likely N-dealkylation sites (tertiary alicyclic amines) is 1. The third-order valence-electron chi connectivity index (χ3n) is 4.62. The summed E-state index contributed by atoms with van der Waals surface area (Å²) in [4.78, 5) is 26.2. The SMILES string of the molecule is COc1ccc(CNC(=O)Nc2ccc(CC(=O)NC3CN(C)C3)cc2)cc1. The Morgan fingerprint density at radius 3 is 2.29 bits per heavy atom. The van der Waals surface area contributed by atoms with E-state index in [-0.39, 0.29) is 18.0 Å². The van der Waals surface area contributed by atoms with Gasteiger partial charge >= 0.3 is 6.03 Å². The summed E-state index contributed by atoms with van der Waals surface area (Å²) in [5.41, 5.74) is 2.57. The van der Waals surface area contributed by atoms with Crippen molar-refractivity contribution in [3.05, 3.63) is 59.7 Å². The first-order chi connectivity index (χ1) is 13.5. The largest absolute Gasteiger partial charge is 0.497 e. The zero-order chi connectivity index (χ0) is 19.9. The number of rotatable bonds is 7. The summed E-state index contributed by atoms with van der Waals surface area (Å²) < 4.78 is 5.11. The van der Waals surface area contributed by atoms with Gasteiger partial charge in [-0.2, -0.15) is 0 Å². The van der Waals surface area contributed by atoms with E-state index in [4.69, 9.17) is 4.74 Å². The normalized spacial score (nSPS) is 14.1. The van der Waals surface area contributed by atoms with Gasteiger partial charge in [0.2, 0.25) is 5.91 Å². The van der Waals surface area contributed by atoms with Crippen molar-refractivity contribution in [2.45, 2.75) is 19.0 Å². The van der Waals surface area contributed by atoms with Crippen molar-refractivity contribution in [1.82, 2.24) is 15.5 Å². The molecule has 0 aliphatic carbocycles. The molecule has 1 aliphatic rings. The number of methoxy groups -OCH3 is 1. The number of hydrogen-bond acceptors (Lipinski definition) is 4. The Balaban J connectivity index is 1.41. The first-order valence-corrected chi connectivity index (χ1v) is 9.26. The van der Waals surface area contributed by atoms with Crippen LogP contribution in [0, 0.1) is 0 Å². The van der Waals surface area contributed by atoms with E-state index in [2.05, 4.69) is 20.9 Å². The minimum absolute atomic E-state index is 0.0241. The molecule has 0 radical (unpaired) electrons. The smallest absolute Gasteiger partial charge is 0.319 e. The molecule has 0 bridgehead atoms. The van der Waals surface area contributed by atoms with Crippen LogP contribution in [0.3, 0.4) is 0 Å². The van der Waals surface area contributed by atoms with E-state index in [1.54, 1.807) is 19.2 Å². The summed E-state index contributed by atoms with van der Waals surface area (Å²) in [6.07, 6.45) is 0.337. The predicted molar refractivity (Wildman–Crippen MR) is 108 cm³/mol. The molecule has 148 valence electrons. The van der Waals surface area contributed by atoms with Gasteiger partial charge in [0.05, 0.1) is 19.6 Å². The molecule has 1 saturated heterocycles. The molecule has 7 heteroatoms. The number of amides is 3. The fraction of sp³-hybridized carbons (Fsp3) is 0.333. The summed E-state index contributed by atoms with van der Waals surface area (Å²) >= 11 is 0. The van der Waals surface area contributed by atoms with Crippen LogP contribution in [0.4, 0.5) is 10.5 Å². The molecule has 2 aromatic carbocycles. The molecule has 3 rings (SSSR count). The molecular weight excluding hydrogens is 356 g/mol. The fourth-order valence-electron chi connectivity index (χ4n) is 3.06. The summed E-state index contributed by atoms with van der Waals surface area (Å²) in [7, 11) is 3.65. The molecule has 3 amide bonds. The molecule has 0 aromatic heterocycles. The average Bonchev–Trinajstić information content (AvgIpc) is 2.67. The third-order valence-corrected chi connectivity index (χ3v) is 4.62. The molecule has 3 N–H and O–H groups in total. The topological polar surface area (TPSA) is 82.7 Å². The first-order valence-electron chi connectivity index (χ1n) is 9.26. The Hall–Kier alpha value is -3.06. The number of likely N-dealkylation sites (N-methyl/N-ethyl adjacent to an activating group) is 1. The number of nitrogens with zero attached hydrogens (tertiary/aromatic N) is 1. The number of carbonyl (C=O) groups excluding carboxylic acids is 2. The Morgan fingerprint density at radius 1 is 1.04 bits per heavy atom. The van der Waals surface area contributed by atoms with Gasteiger partial charge in [0.15, 0.2) is 0 Å². The zero-order valence-electron chi connectivity index (χ0n) is 16.2. The molecule has 28 heavy (non-hydrogen) atoms. The minimum atomic E-state index is -0.282. The number of benzene rings is 2. The fourth-order valence-corrected chi connectivity index (χ4v) is 3.06. The van der Waals surface area contributed by atoms with Crippen molar-refractivity contribution in [1.29, 1.82) is 0 Å². The highest BCUT2D eigenvalue weighted by Crippen LogP contribution is 2.12. The molecule has 0 unspecified atom stereocenters. The summed E-state index contributed by atoms with van der Waals surface area (Å²) in [6.45, 7) is 2.23. The highest BCUT2D eigenvalue weighted by Gasteiger charge is 2.24. The van der Waals surface area contributed by atoms with Crippen molar-refractivity contribution in [2.75, 3.05) is 32.6 Å². The lowest BCUT2D eigenvalue weighted by molar-refractivity contribution is -0.122. The second-order valence-electron chi connectivity index (χ2n) is 7.02. The molecule has 1 fully saturated rings. The zero-order valence-corrected chi connectivity index (χ0v) is 16.2. The highest BCUT2D eigenvalue weighted by atomic mass is 16.5. The van der Waals surface area contributed by atoms with Crippen molar-refractivity contribution >= 4 is 17.6 Å². The van der Waals surface area contributed by atoms with Crippen LogP contribution in [0.15, 0.2) is 48.5 Å². The van der Waals surface area contributed by atoms with E-state index in [0.717, 1.165) is 30.0 Å². The van der Waals surface area contributed by atoms with Gasteiger partial charge in [0, 0.05) is 25.3 Å². The quantitative estimate of drug-likeness (QED) is 0.684. The van der Waals surface area contributed by atoms with Crippen LogP contribution in [0.5, 0.6) is 5.75 Å². The van der Waals surface area contributed by atoms with E-state index in [9.17, 15) is 9.59 Å². The van der Waals surface area contributed by atoms with Crippen molar-refractivity contribution in [3.8, 4) is 5.75 Å². The molecule has 1 aliphatic heterocycles. The van der Waals surface area contributed by atoms with Crippen molar-refractivity contribution in [3.63, 3.8) is 0 Å². The number of nitrogens with one attached hydrogen (secondary N) is 3. The van der Waals surface area contributed by atoms with Crippen LogP contribution < -0.4 is 20.7 Å². The number of urea groups is 1. The van der Waals surface area contributed by atoms with Crippen LogP contribution in [0.2, 0.25) is 0 Å².